The third-order valence-corrected chi connectivity index (χ3v) is 6.35. The molecule has 0 aliphatic carbocycles. The molecule has 0 spiro atoms. The topological polar surface area (TPSA) is 92.5 Å². The number of Topliss-reactive ketones (excluding diaryl/α,β-unsaturated/α-hetero) is 1. The predicted molar refractivity (Wildman–Crippen MR) is 110 cm³/mol. The Bertz CT molecular complexity index is 1090. The molecule has 0 bridgehead atoms. The van der Waals surface area contributed by atoms with Crippen molar-refractivity contribution in [1.29, 1.82) is 0 Å². The number of nitrogens with zero attached hydrogens (tertiary/aromatic N) is 2. The Morgan fingerprint density at radius 3 is 2.54 bits per heavy atom. The maximum atomic E-state index is 12.4. The molecule has 0 fully saturated rings. The zero-order valence-corrected chi connectivity index (χ0v) is 17.6. The van der Waals surface area contributed by atoms with Gasteiger partial charge in [-0.05, 0) is 24.3 Å². The first-order chi connectivity index (χ1) is 13.3. The van der Waals surface area contributed by atoms with Crippen molar-refractivity contribution in [2.45, 2.75) is 4.90 Å². The van der Waals surface area contributed by atoms with Crippen LogP contribution in [0.5, 0.6) is 0 Å². The summed E-state index contributed by atoms with van der Waals surface area (Å²) in [7, 11) is -0.716. The van der Waals surface area contributed by atoms with Gasteiger partial charge in [0.05, 0.1) is 11.4 Å². The molecule has 0 aliphatic rings. The highest BCUT2D eigenvalue weighted by Gasteiger charge is 2.19. The van der Waals surface area contributed by atoms with Gasteiger partial charge in [-0.1, -0.05) is 45.4 Å². The SMILES string of the molecule is CN(C)S(=O)(=O)c1cccc(C(=O)CNc2cc(-c3ccc(Br)cc3)no2)c1. The van der Waals surface area contributed by atoms with Gasteiger partial charge < -0.3 is 9.84 Å². The van der Waals surface area contributed by atoms with Gasteiger partial charge in [0.2, 0.25) is 15.9 Å². The quantitative estimate of drug-likeness (QED) is 0.537. The first-order valence-electron chi connectivity index (χ1n) is 8.30. The summed E-state index contributed by atoms with van der Waals surface area (Å²) in [5.74, 6) is 0.0840. The predicted octanol–water partition coefficient (Wildman–Crippen LogP) is 3.65. The fourth-order valence-electron chi connectivity index (χ4n) is 2.43. The molecule has 1 heterocycles. The van der Waals surface area contributed by atoms with Crippen molar-refractivity contribution < 1.29 is 17.7 Å². The van der Waals surface area contributed by atoms with Gasteiger partial charge in [0.15, 0.2) is 5.78 Å². The molecule has 0 radical (unpaired) electrons. The van der Waals surface area contributed by atoms with E-state index in [4.69, 9.17) is 4.52 Å². The maximum absolute atomic E-state index is 12.4. The molecule has 28 heavy (non-hydrogen) atoms. The van der Waals surface area contributed by atoms with E-state index < -0.39 is 10.0 Å². The van der Waals surface area contributed by atoms with E-state index in [2.05, 4.69) is 26.4 Å². The number of halogens is 1. The van der Waals surface area contributed by atoms with Crippen LogP contribution in [0.2, 0.25) is 0 Å². The molecule has 0 saturated carbocycles. The van der Waals surface area contributed by atoms with Crippen LogP contribution in [0.4, 0.5) is 5.88 Å². The minimum absolute atomic E-state index is 0.0551. The Morgan fingerprint density at radius 2 is 1.86 bits per heavy atom. The van der Waals surface area contributed by atoms with Gasteiger partial charge in [-0.15, -0.1) is 0 Å². The largest absolute Gasteiger partial charge is 0.347 e. The van der Waals surface area contributed by atoms with Crippen molar-refractivity contribution in [3.63, 3.8) is 0 Å². The molecular formula is C19H18BrN3O4S. The molecule has 0 amide bonds. The molecule has 0 saturated heterocycles. The average Bonchev–Trinajstić information content (AvgIpc) is 3.15. The van der Waals surface area contributed by atoms with Crippen LogP contribution in [0.3, 0.4) is 0 Å². The van der Waals surface area contributed by atoms with Gasteiger partial charge in [-0.2, -0.15) is 0 Å². The van der Waals surface area contributed by atoms with E-state index in [0.717, 1.165) is 14.3 Å². The highest BCUT2D eigenvalue weighted by atomic mass is 79.9. The summed E-state index contributed by atoms with van der Waals surface area (Å²) < 4.78 is 31.7. The smallest absolute Gasteiger partial charge is 0.242 e. The lowest BCUT2D eigenvalue weighted by Crippen LogP contribution is -2.22. The molecule has 146 valence electrons. The lowest BCUT2D eigenvalue weighted by Gasteiger charge is -2.12. The minimum atomic E-state index is -3.60. The van der Waals surface area contributed by atoms with Gasteiger partial charge in [-0.3, -0.25) is 4.79 Å². The van der Waals surface area contributed by atoms with Crippen molar-refractivity contribution in [3.05, 3.63) is 64.6 Å². The minimum Gasteiger partial charge on any atom is -0.347 e. The number of rotatable bonds is 7. The van der Waals surface area contributed by atoms with E-state index in [1.165, 1.54) is 26.2 Å². The standard InChI is InChI=1S/C19H18BrN3O4S/c1-23(2)28(25,26)16-5-3-4-14(10-16)18(24)12-21-19-11-17(22-27-19)13-6-8-15(20)9-7-13/h3-11,21H,12H2,1-2H3. The van der Waals surface area contributed by atoms with E-state index in [-0.39, 0.29) is 17.2 Å². The fraction of sp³-hybridized carbons (Fsp3) is 0.158. The molecule has 3 aromatic rings. The Kier molecular flexibility index (Phi) is 5.97. The van der Waals surface area contributed by atoms with E-state index in [9.17, 15) is 13.2 Å². The summed E-state index contributed by atoms with van der Waals surface area (Å²) in [6, 6.07) is 15.2. The molecule has 2 aromatic carbocycles. The fourth-order valence-corrected chi connectivity index (χ4v) is 3.64. The van der Waals surface area contributed by atoms with Crippen LogP contribution in [0.15, 0.2) is 68.5 Å². The number of aromatic nitrogens is 1. The number of nitrogens with one attached hydrogen (secondary N) is 1. The molecule has 1 N–H and O–H groups in total. The zero-order valence-electron chi connectivity index (χ0n) is 15.2. The summed E-state index contributed by atoms with van der Waals surface area (Å²) in [6.45, 7) is -0.0551. The number of benzene rings is 2. The second kappa shape index (κ2) is 8.26. The van der Waals surface area contributed by atoms with Gasteiger partial charge in [0.25, 0.3) is 0 Å². The summed E-state index contributed by atoms with van der Waals surface area (Å²) in [5.41, 5.74) is 1.82. The Balaban J connectivity index is 1.69. The van der Waals surface area contributed by atoms with Crippen LogP contribution in [-0.4, -0.2) is 44.3 Å². The molecule has 0 aliphatic heterocycles. The second-order valence-corrected chi connectivity index (χ2v) is 9.24. The van der Waals surface area contributed by atoms with Crippen LogP contribution in [-0.2, 0) is 10.0 Å². The van der Waals surface area contributed by atoms with Crippen molar-refractivity contribution in [3.8, 4) is 11.3 Å². The second-order valence-electron chi connectivity index (χ2n) is 6.18. The number of sulfonamides is 1. The van der Waals surface area contributed by atoms with Gasteiger partial charge in [0.1, 0.15) is 5.69 Å². The van der Waals surface area contributed by atoms with Crippen LogP contribution < -0.4 is 5.32 Å². The zero-order chi connectivity index (χ0) is 20.3. The Hall–Kier alpha value is -2.49. The number of carbonyl (C=O) groups excluding carboxylic acids is 1. The summed E-state index contributed by atoms with van der Waals surface area (Å²) in [4.78, 5) is 12.5. The summed E-state index contributed by atoms with van der Waals surface area (Å²) in [5, 5.41) is 6.86. The van der Waals surface area contributed by atoms with E-state index in [1.807, 2.05) is 24.3 Å². The van der Waals surface area contributed by atoms with Crippen LogP contribution >= 0.6 is 15.9 Å². The van der Waals surface area contributed by atoms with E-state index in [0.29, 0.717) is 17.1 Å². The van der Waals surface area contributed by atoms with Crippen molar-refractivity contribution in [2.75, 3.05) is 26.0 Å². The van der Waals surface area contributed by atoms with Gasteiger partial charge in [-0.25, -0.2) is 12.7 Å². The van der Waals surface area contributed by atoms with Crippen molar-refractivity contribution in [2.24, 2.45) is 0 Å². The molecule has 3 rings (SSSR count). The van der Waals surface area contributed by atoms with Crippen LogP contribution in [0.25, 0.3) is 11.3 Å². The Labute approximate surface area is 171 Å². The van der Waals surface area contributed by atoms with E-state index in [1.54, 1.807) is 18.2 Å². The van der Waals surface area contributed by atoms with Crippen molar-refractivity contribution >= 4 is 37.6 Å². The number of ketones is 1. The third-order valence-electron chi connectivity index (χ3n) is 4.01. The summed E-state index contributed by atoms with van der Waals surface area (Å²) in [6.07, 6.45) is 0. The van der Waals surface area contributed by atoms with Crippen molar-refractivity contribution in [1.82, 2.24) is 9.46 Å². The van der Waals surface area contributed by atoms with Gasteiger partial charge >= 0.3 is 0 Å². The molecule has 1 aromatic heterocycles. The monoisotopic (exact) mass is 463 g/mol. The van der Waals surface area contributed by atoms with Gasteiger partial charge in [0, 0.05) is 35.8 Å². The molecule has 0 atom stereocenters. The third kappa shape index (κ3) is 4.49. The molecule has 0 unspecified atom stereocenters. The lowest BCUT2D eigenvalue weighted by molar-refractivity contribution is 0.100. The van der Waals surface area contributed by atoms with Crippen LogP contribution in [0, 0.1) is 0 Å². The first kappa shape index (κ1) is 20.2. The van der Waals surface area contributed by atoms with E-state index >= 15 is 0 Å². The lowest BCUT2D eigenvalue weighted by atomic mass is 10.1. The number of hydrogen-bond donors (Lipinski definition) is 1. The summed E-state index contributed by atoms with van der Waals surface area (Å²) >= 11 is 3.38. The Morgan fingerprint density at radius 1 is 1.14 bits per heavy atom. The van der Waals surface area contributed by atoms with Crippen LogP contribution in [0.1, 0.15) is 10.4 Å². The average molecular weight is 464 g/mol. The molecule has 9 heteroatoms. The number of hydrogen-bond acceptors (Lipinski definition) is 6. The highest BCUT2D eigenvalue weighted by molar-refractivity contribution is 9.10. The highest BCUT2D eigenvalue weighted by Crippen LogP contribution is 2.23. The first-order valence-corrected chi connectivity index (χ1v) is 10.5. The maximum Gasteiger partial charge on any atom is 0.242 e. The normalized spacial score (nSPS) is 11.6. The molecular weight excluding hydrogens is 446 g/mol. The number of carbonyl (C=O) groups is 1. The number of anilines is 1. The molecule has 7 nitrogen and oxygen atoms in total.